The average molecular weight is 285 g/mol. The van der Waals surface area contributed by atoms with Gasteiger partial charge in [0.25, 0.3) is 0 Å². The molecule has 1 aliphatic carbocycles. The van der Waals surface area contributed by atoms with Crippen LogP contribution in [0.3, 0.4) is 0 Å². The predicted molar refractivity (Wildman–Crippen MR) is 88.2 cm³/mol. The zero-order valence-electron chi connectivity index (χ0n) is 17.8. The van der Waals surface area contributed by atoms with Crippen molar-refractivity contribution >= 4 is 0 Å². The SMILES string of the molecule is [2H]C([2H])([2H])c1ccc(-c2ccc(C([2H])([2H])C3CCCC3)c[n+]2C)c(C)c1. The number of hydrogen-bond donors (Lipinski definition) is 0. The molecule has 1 nitrogen and oxygen atoms in total. The summed E-state index contributed by atoms with van der Waals surface area (Å²) in [6.07, 6.45) is 4.70. The van der Waals surface area contributed by atoms with Gasteiger partial charge in [-0.05, 0) is 43.8 Å². The van der Waals surface area contributed by atoms with Crippen molar-refractivity contribution in [3.05, 3.63) is 53.2 Å². The number of aryl methyl sites for hydroxylation is 3. The molecule has 0 amide bonds. The Balaban J connectivity index is 1.95. The van der Waals surface area contributed by atoms with E-state index in [1.807, 2.05) is 42.9 Å². The predicted octanol–water partition coefficient (Wildman–Crippen LogP) is 4.53. The Kier molecular flexibility index (Phi) is 2.69. The number of nitrogens with zero attached hydrogens (tertiary/aromatic N) is 1. The summed E-state index contributed by atoms with van der Waals surface area (Å²) in [5, 5.41) is 0. The van der Waals surface area contributed by atoms with E-state index in [0.717, 1.165) is 42.5 Å². The molecule has 0 spiro atoms. The van der Waals surface area contributed by atoms with Gasteiger partial charge in [0.1, 0.15) is 7.05 Å². The Labute approximate surface area is 135 Å². The van der Waals surface area contributed by atoms with Gasteiger partial charge in [0.2, 0.25) is 5.69 Å². The van der Waals surface area contributed by atoms with Gasteiger partial charge >= 0.3 is 0 Å². The first-order valence-electron chi connectivity index (χ1n) is 10.2. The summed E-state index contributed by atoms with van der Waals surface area (Å²) in [4.78, 5) is 0. The van der Waals surface area contributed by atoms with Crippen LogP contribution < -0.4 is 4.57 Å². The lowest BCUT2D eigenvalue weighted by Crippen LogP contribution is -2.31. The van der Waals surface area contributed by atoms with Gasteiger partial charge in [-0.3, -0.25) is 0 Å². The molecular weight excluding hydrogens is 254 g/mol. The van der Waals surface area contributed by atoms with Crippen LogP contribution in [0, 0.1) is 19.7 Å². The molecular formula is C20H26N+. The summed E-state index contributed by atoms with van der Waals surface area (Å²) in [6.45, 7) is -0.192. The topological polar surface area (TPSA) is 3.88 Å². The highest BCUT2D eigenvalue weighted by Crippen LogP contribution is 2.28. The largest absolute Gasteiger partial charge is 0.212 e. The molecule has 1 heterocycles. The van der Waals surface area contributed by atoms with Crippen LogP contribution in [0.4, 0.5) is 0 Å². The van der Waals surface area contributed by atoms with Gasteiger partial charge in [0.05, 0.1) is 0 Å². The minimum atomic E-state index is -2.10. The second-order valence-corrected chi connectivity index (χ2v) is 6.07. The maximum atomic E-state index is 8.57. The molecule has 1 aromatic heterocycles. The fourth-order valence-electron chi connectivity index (χ4n) is 3.23. The van der Waals surface area contributed by atoms with E-state index in [4.69, 9.17) is 6.85 Å². The summed E-state index contributed by atoms with van der Waals surface area (Å²) in [5.41, 5.74) is 3.88. The molecule has 0 radical (unpaired) electrons. The molecule has 0 N–H and O–H groups in total. The van der Waals surface area contributed by atoms with E-state index in [1.165, 1.54) is 0 Å². The fraction of sp³-hybridized carbons (Fsp3) is 0.450. The lowest BCUT2D eigenvalue weighted by atomic mass is 9.97. The lowest BCUT2D eigenvalue weighted by molar-refractivity contribution is -0.660. The second-order valence-electron chi connectivity index (χ2n) is 6.07. The Morgan fingerprint density at radius 1 is 1.24 bits per heavy atom. The Bertz CT molecular complexity index is 804. The van der Waals surface area contributed by atoms with Crippen LogP contribution in [0.5, 0.6) is 0 Å². The molecule has 1 aromatic carbocycles. The van der Waals surface area contributed by atoms with Crippen LogP contribution in [0.15, 0.2) is 36.5 Å². The molecule has 0 bridgehead atoms. The van der Waals surface area contributed by atoms with Crippen LogP contribution in [-0.2, 0) is 13.4 Å². The van der Waals surface area contributed by atoms with Gasteiger partial charge in [0, 0.05) is 24.0 Å². The number of pyridine rings is 1. The summed E-state index contributed by atoms with van der Waals surface area (Å²) in [7, 11) is 1.92. The van der Waals surface area contributed by atoms with E-state index in [2.05, 4.69) is 0 Å². The highest BCUT2D eigenvalue weighted by atomic mass is 14.9. The summed E-state index contributed by atoms with van der Waals surface area (Å²) < 4.78 is 41.7. The molecule has 1 saturated carbocycles. The lowest BCUT2D eigenvalue weighted by Gasteiger charge is -2.10. The Morgan fingerprint density at radius 3 is 2.71 bits per heavy atom. The first kappa shape index (κ1) is 9.40. The Hall–Kier alpha value is -1.63. The molecule has 3 rings (SSSR count). The molecule has 0 saturated heterocycles. The Morgan fingerprint density at radius 2 is 2.05 bits per heavy atom. The second kappa shape index (κ2) is 6.01. The minimum Gasteiger partial charge on any atom is -0.201 e. The third-order valence-electron chi connectivity index (χ3n) is 4.36. The van der Waals surface area contributed by atoms with Gasteiger partial charge in [0.15, 0.2) is 6.20 Å². The fourth-order valence-corrected chi connectivity index (χ4v) is 3.23. The smallest absolute Gasteiger partial charge is 0.201 e. The van der Waals surface area contributed by atoms with Crippen LogP contribution in [0.2, 0.25) is 0 Å². The van der Waals surface area contributed by atoms with Crippen molar-refractivity contribution in [1.29, 1.82) is 0 Å². The zero-order valence-corrected chi connectivity index (χ0v) is 12.8. The standard InChI is InChI=1S/C20H26N/c1-15-8-10-19(16(2)12-15)20-11-9-18(14-21(20)3)13-17-6-4-5-7-17/h8-12,14,17H,4-7,13H2,1-3H3/q+1/i1D3,13D2. The monoisotopic (exact) mass is 285 g/mol. The van der Waals surface area contributed by atoms with Crippen molar-refractivity contribution in [2.45, 2.75) is 45.8 Å². The summed E-state index contributed by atoms with van der Waals surface area (Å²) >= 11 is 0. The van der Waals surface area contributed by atoms with E-state index < -0.39 is 13.2 Å². The van der Waals surface area contributed by atoms with E-state index >= 15 is 0 Å². The highest BCUT2D eigenvalue weighted by molar-refractivity contribution is 5.61. The first-order valence-corrected chi connectivity index (χ1v) is 7.72. The molecule has 0 atom stereocenters. The van der Waals surface area contributed by atoms with Gasteiger partial charge in [-0.15, -0.1) is 0 Å². The highest BCUT2D eigenvalue weighted by Gasteiger charge is 2.18. The number of benzene rings is 1. The van der Waals surface area contributed by atoms with Crippen molar-refractivity contribution in [2.24, 2.45) is 13.0 Å². The molecule has 21 heavy (non-hydrogen) atoms. The van der Waals surface area contributed by atoms with Gasteiger partial charge in [-0.2, -0.15) is 0 Å². The van der Waals surface area contributed by atoms with E-state index in [9.17, 15) is 0 Å². The van der Waals surface area contributed by atoms with Crippen molar-refractivity contribution in [3.63, 3.8) is 0 Å². The number of aromatic nitrogens is 1. The van der Waals surface area contributed by atoms with Gasteiger partial charge in [-0.1, -0.05) is 43.4 Å². The molecule has 2 aromatic rings. The molecule has 1 fully saturated rings. The van der Waals surface area contributed by atoms with Crippen LogP contribution in [-0.4, -0.2) is 0 Å². The summed E-state index contributed by atoms with van der Waals surface area (Å²) in [5.74, 6) is 0.0913. The van der Waals surface area contributed by atoms with Crippen LogP contribution >= 0.6 is 0 Å². The van der Waals surface area contributed by atoms with Crippen LogP contribution in [0.1, 0.15) is 49.2 Å². The van der Waals surface area contributed by atoms with E-state index in [1.54, 1.807) is 12.1 Å². The average Bonchev–Trinajstić information content (AvgIpc) is 3.09. The summed E-state index contributed by atoms with van der Waals surface area (Å²) in [6, 6.07) is 9.04. The quantitative estimate of drug-likeness (QED) is 0.730. The number of hydrogen-bond acceptors (Lipinski definition) is 0. The van der Waals surface area contributed by atoms with E-state index in [-0.39, 0.29) is 5.92 Å². The van der Waals surface area contributed by atoms with Gasteiger partial charge < -0.3 is 0 Å². The van der Waals surface area contributed by atoms with Crippen molar-refractivity contribution in [1.82, 2.24) is 0 Å². The van der Waals surface area contributed by atoms with Gasteiger partial charge in [-0.25, -0.2) is 4.57 Å². The van der Waals surface area contributed by atoms with Crippen LogP contribution in [0.25, 0.3) is 11.3 Å². The maximum Gasteiger partial charge on any atom is 0.212 e. The maximum absolute atomic E-state index is 8.57. The molecule has 110 valence electrons. The third-order valence-corrected chi connectivity index (χ3v) is 4.36. The zero-order chi connectivity index (χ0) is 19.1. The van der Waals surface area contributed by atoms with Crippen molar-refractivity contribution < 1.29 is 11.4 Å². The normalized spacial score (nSPS) is 20.4. The molecule has 1 aliphatic rings. The third kappa shape index (κ3) is 3.18. The molecule has 0 unspecified atom stereocenters. The number of rotatable bonds is 3. The first-order chi connectivity index (χ1) is 12.1. The molecule has 0 aliphatic heterocycles. The minimum absolute atomic E-state index is 0.0913. The van der Waals surface area contributed by atoms with Crippen molar-refractivity contribution in [3.8, 4) is 11.3 Å². The molecule has 1 heteroatoms. The van der Waals surface area contributed by atoms with E-state index in [0.29, 0.717) is 11.1 Å². The van der Waals surface area contributed by atoms with Crippen molar-refractivity contribution in [2.75, 3.05) is 0 Å².